The summed E-state index contributed by atoms with van der Waals surface area (Å²) in [5.41, 5.74) is 1.13. The molecule has 0 unspecified atom stereocenters. The highest BCUT2D eigenvalue weighted by Crippen LogP contribution is 2.27. The van der Waals surface area contributed by atoms with E-state index in [-0.39, 0.29) is 5.75 Å². The fourth-order valence-electron chi connectivity index (χ4n) is 3.02. The SMILES string of the molecule is C[C@@H](C(=O)Oc1cccc2cccnc12)N1C(=O)c2ccccc2C1=O. The lowest BCUT2D eigenvalue weighted by atomic mass is 10.1. The third kappa shape index (κ3) is 2.43. The molecule has 4 rings (SSSR count). The smallest absolute Gasteiger partial charge is 0.334 e. The van der Waals surface area contributed by atoms with E-state index in [0.717, 1.165) is 10.3 Å². The molecule has 3 aromatic rings. The maximum Gasteiger partial charge on any atom is 0.334 e. The van der Waals surface area contributed by atoms with Gasteiger partial charge in [-0.25, -0.2) is 4.79 Å². The second-order valence-electron chi connectivity index (χ2n) is 5.95. The minimum absolute atomic E-state index is 0.288. The highest BCUT2D eigenvalue weighted by atomic mass is 16.5. The molecule has 2 aromatic carbocycles. The van der Waals surface area contributed by atoms with Crippen LogP contribution in [0.5, 0.6) is 5.75 Å². The average Bonchev–Trinajstić information content (AvgIpc) is 2.92. The van der Waals surface area contributed by atoms with Gasteiger partial charge in [0.2, 0.25) is 0 Å². The number of nitrogens with zero attached hydrogens (tertiary/aromatic N) is 2. The lowest BCUT2D eigenvalue weighted by Gasteiger charge is -2.21. The molecule has 6 nitrogen and oxygen atoms in total. The number of carbonyl (C=O) groups excluding carboxylic acids is 3. The average molecular weight is 346 g/mol. The largest absolute Gasteiger partial charge is 0.423 e. The molecule has 1 aromatic heterocycles. The summed E-state index contributed by atoms with van der Waals surface area (Å²) in [4.78, 5) is 42.8. The van der Waals surface area contributed by atoms with E-state index in [2.05, 4.69) is 4.98 Å². The molecule has 2 heterocycles. The fourth-order valence-corrected chi connectivity index (χ4v) is 3.02. The van der Waals surface area contributed by atoms with Crippen LogP contribution in [-0.4, -0.2) is 33.7 Å². The molecule has 0 bridgehead atoms. The van der Waals surface area contributed by atoms with Gasteiger partial charge in [-0.15, -0.1) is 0 Å². The first-order chi connectivity index (χ1) is 12.6. The second kappa shape index (κ2) is 6.07. The first-order valence-corrected chi connectivity index (χ1v) is 8.10. The Labute approximate surface area is 149 Å². The molecule has 0 saturated heterocycles. The summed E-state index contributed by atoms with van der Waals surface area (Å²) >= 11 is 0. The molecule has 26 heavy (non-hydrogen) atoms. The number of fused-ring (bicyclic) bond motifs is 2. The van der Waals surface area contributed by atoms with Crippen LogP contribution in [0.3, 0.4) is 0 Å². The number of aromatic nitrogens is 1. The number of benzene rings is 2. The standard InChI is InChI=1S/C20H14N2O4/c1-12(22-18(23)14-8-2-3-9-15(14)19(22)24)20(25)26-16-10-4-6-13-7-5-11-21-17(13)16/h2-12H,1H3/t12-/m0/s1. The number of para-hydroxylation sites is 1. The van der Waals surface area contributed by atoms with Crippen LogP contribution in [0, 0.1) is 0 Å². The monoisotopic (exact) mass is 346 g/mol. The molecule has 1 atom stereocenters. The zero-order valence-electron chi connectivity index (χ0n) is 13.9. The highest BCUT2D eigenvalue weighted by molar-refractivity contribution is 6.22. The summed E-state index contributed by atoms with van der Waals surface area (Å²) in [5.74, 6) is -1.40. The van der Waals surface area contributed by atoms with Crippen molar-refractivity contribution in [3.8, 4) is 5.75 Å². The molecular weight excluding hydrogens is 332 g/mol. The summed E-state index contributed by atoms with van der Waals surface area (Å²) in [6.07, 6.45) is 1.60. The Morgan fingerprint density at radius 1 is 0.962 bits per heavy atom. The zero-order chi connectivity index (χ0) is 18.3. The van der Waals surface area contributed by atoms with Crippen LogP contribution in [0.2, 0.25) is 0 Å². The summed E-state index contributed by atoms with van der Waals surface area (Å²) in [6, 6.07) is 14.3. The van der Waals surface area contributed by atoms with Crippen molar-refractivity contribution in [1.82, 2.24) is 9.88 Å². The Balaban J connectivity index is 1.61. The predicted molar refractivity (Wildman–Crippen MR) is 93.8 cm³/mol. The van der Waals surface area contributed by atoms with Crippen molar-refractivity contribution < 1.29 is 19.1 Å². The van der Waals surface area contributed by atoms with Gasteiger partial charge in [0.25, 0.3) is 11.8 Å². The van der Waals surface area contributed by atoms with E-state index >= 15 is 0 Å². The molecule has 1 aliphatic rings. The first kappa shape index (κ1) is 16.0. The molecule has 0 fully saturated rings. The molecule has 6 heteroatoms. The van der Waals surface area contributed by atoms with Crippen molar-refractivity contribution >= 4 is 28.7 Å². The van der Waals surface area contributed by atoms with Gasteiger partial charge in [0, 0.05) is 11.6 Å². The number of imide groups is 1. The van der Waals surface area contributed by atoms with Gasteiger partial charge in [-0.05, 0) is 31.2 Å². The van der Waals surface area contributed by atoms with Gasteiger partial charge >= 0.3 is 5.97 Å². The van der Waals surface area contributed by atoms with Crippen molar-refractivity contribution in [1.29, 1.82) is 0 Å². The van der Waals surface area contributed by atoms with E-state index in [9.17, 15) is 14.4 Å². The first-order valence-electron chi connectivity index (χ1n) is 8.10. The Morgan fingerprint density at radius 3 is 2.31 bits per heavy atom. The van der Waals surface area contributed by atoms with Gasteiger partial charge < -0.3 is 4.74 Å². The molecule has 0 radical (unpaired) electrons. The van der Waals surface area contributed by atoms with E-state index < -0.39 is 23.8 Å². The van der Waals surface area contributed by atoms with Crippen LogP contribution in [0.15, 0.2) is 60.8 Å². The van der Waals surface area contributed by atoms with Crippen molar-refractivity contribution in [3.63, 3.8) is 0 Å². The highest BCUT2D eigenvalue weighted by Gasteiger charge is 2.41. The number of ether oxygens (including phenoxy) is 1. The van der Waals surface area contributed by atoms with Gasteiger partial charge in [-0.3, -0.25) is 19.5 Å². The Morgan fingerprint density at radius 2 is 1.62 bits per heavy atom. The minimum Gasteiger partial charge on any atom is -0.423 e. The summed E-state index contributed by atoms with van der Waals surface area (Å²) < 4.78 is 5.45. The number of esters is 1. The maximum atomic E-state index is 12.6. The number of carbonyl (C=O) groups is 3. The van der Waals surface area contributed by atoms with Gasteiger partial charge in [0.15, 0.2) is 5.75 Å². The number of hydrogen-bond acceptors (Lipinski definition) is 5. The number of hydrogen-bond donors (Lipinski definition) is 0. The lowest BCUT2D eigenvalue weighted by molar-refractivity contribution is -0.138. The number of rotatable bonds is 3. The summed E-state index contributed by atoms with van der Waals surface area (Å²) in [6.45, 7) is 1.47. The van der Waals surface area contributed by atoms with E-state index in [1.807, 2.05) is 12.1 Å². The topological polar surface area (TPSA) is 76.6 Å². The van der Waals surface area contributed by atoms with Gasteiger partial charge in [0.1, 0.15) is 11.6 Å². The lowest BCUT2D eigenvalue weighted by Crippen LogP contribution is -2.44. The predicted octanol–water partition coefficient (Wildman–Crippen LogP) is 2.82. The minimum atomic E-state index is -1.05. The Kier molecular flexibility index (Phi) is 3.73. The van der Waals surface area contributed by atoms with Gasteiger partial charge in [-0.2, -0.15) is 0 Å². The quantitative estimate of drug-likeness (QED) is 0.414. The second-order valence-corrected chi connectivity index (χ2v) is 5.95. The van der Waals surface area contributed by atoms with Crippen LogP contribution in [-0.2, 0) is 4.79 Å². The number of amides is 2. The van der Waals surface area contributed by atoms with Crippen LogP contribution < -0.4 is 4.74 Å². The molecule has 2 amide bonds. The molecular formula is C20H14N2O4. The third-order valence-electron chi connectivity index (χ3n) is 4.36. The van der Waals surface area contributed by atoms with Crippen molar-refractivity contribution in [2.45, 2.75) is 13.0 Å². The Hall–Kier alpha value is -3.54. The van der Waals surface area contributed by atoms with E-state index in [4.69, 9.17) is 4.74 Å². The molecule has 1 aliphatic heterocycles. The van der Waals surface area contributed by atoms with Gasteiger partial charge in [-0.1, -0.05) is 30.3 Å². The van der Waals surface area contributed by atoms with Crippen molar-refractivity contribution in [2.24, 2.45) is 0 Å². The normalized spacial score (nSPS) is 14.4. The van der Waals surface area contributed by atoms with Crippen molar-refractivity contribution in [3.05, 3.63) is 71.9 Å². The summed E-state index contributed by atoms with van der Waals surface area (Å²) in [7, 11) is 0. The van der Waals surface area contributed by atoms with Gasteiger partial charge in [0.05, 0.1) is 11.1 Å². The van der Waals surface area contributed by atoms with Crippen LogP contribution in [0.1, 0.15) is 27.6 Å². The van der Waals surface area contributed by atoms with E-state index in [1.165, 1.54) is 6.92 Å². The van der Waals surface area contributed by atoms with Crippen molar-refractivity contribution in [2.75, 3.05) is 0 Å². The Bertz CT molecular complexity index is 1020. The third-order valence-corrected chi connectivity index (χ3v) is 4.36. The van der Waals surface area contributed by atoms with Crippen LogP contribution in [0.25, 0.3) is 10.9 Å². The maximum absolute atomic E-state index is 12.6. The summed E-state index contributed by atoms with van der Waals surface area (Å²) in [5, 5.41) is 0.825. The molecule has 128 valence electrons. The molecule has 0 saturated carbocycles. The van der Waals surface area contributed by atoms with Crippen LogP contribution >= 0.6 is 0 Å². The molecule has 0 aliphatic carbocycles. The fraction of sp³-hybridized carbons (Fsp3) is 0.100. The molecule has 0 spiro atoms. The van der Waals surface area contributed by atoms with Crippen LogP contribution in [0.4, 0.5) is 0 Å². The number of pyridine rings is 1. The molecule has 0 N–H and O–H groups in total. The van der Waals surface area contributed by atoms with E-state index in [1.54, 1.807) is 48.7 Å². The zero-order valence-corrected chi connectivity index (χ0v) is 13.9. The van der Waals surface area contributed by atoms with E-state index in [0.29, 0.717) is 16.6 Å².